The van der Waals surface area contributed by atoms with Gasteiger partial charge in [-0.1, -0.05) is 0 Å². The Hall–Kier alpha value is -1.08. The summed E-state index contributed by atoms with van der Waals surface area (Å²) in [4.78, 5) is 0. The minimum Gasteiger partial charge on any atom is -0.497 e. The van der Waals surface area contributed by atoms with E-state index in [9.17, 15) is 13.2 Å². The van der Waals surface area contributed by atoms with Gasteiger partial charge in [0.25, 0.3) is 0 Å². The summed E-state index contributed by atoms with van der Waals surface area (Å²) >= 11 is -0.143. The van der Waals surface area contributed by atoms with E-state index in [4.69, 9.17) is 14.6 Å². The van der Waals surface area contributed by atoms with Crippen LogP contribution in [0.15, 0.2) is 18.2 Å². The highest BCUT2D eigenvalue weighted by molar-refractivity contribution is 8.00. The predicted octanol–water partition coefficient (Wildman–Crippen LogP) is 2.82. The fraction of sp³-hybridized carbons (Fsp3) is 0.455. The van der Waals surface area contributed by atoms with E-state index in [1.54, 1.807) is 12.1 Å². The highest BCUT2D eigenvalue weighted by atomic mass is 32.2. The molecule has 0 heterocycles. The van der Waals surface area contributed by atoms with Crippen LogP contribution >= 0.6 is 11.8 Å². The number of alkyl halides is 3. The lowest BCUT2D eigenvalue weighted by atomic mass is 10.2. The fourth-order valence-corrected chi connectivity index (χ4v) is 1.63. The summed E-state index contributed by atoms with van der Waals surface area (Å²) in [7, 11) is 1.47. The van der Waals surface area contributed by atoms with Gasteiger partial charge in [0.15, 0.2) is 0 Å². The molecule has 7 heteroatoms. The van der Waals surface area contributed by atoms with Crippen LogP contribution in [-0.2, 0) is 6.61 Å². The van der Waals surface area contributed by atoms with E-state index < -0.39 is 5.51 Å². The molecule has 0 radical (unpaired) electrons. The van der Waals surface area contributed by atoms with Crippen molar-refractivity contribution < 1.29 is 27.8 Å². The van der Waals surface area contributed by atoms with Gasteiger partial charge in [-0.2, -0.15) is 13.2 Å². The molecule has 1 N–H and O–H groups in total. The summed E-state index contributed by atoms with van der Waals surface area (Å²) in [5.74, 6) is 0.649. The minimum atomic E-state index is -4.25. The summed E-state index contributed by atoms with van der Waals surface area (Å²) in [5.41, 5.74) is -3.75. The lowest BCUT2D eigenvalue weighted by molar-refractivity contribution is -0.0329. The molecule has 1 aromatic carbocycles. The van der Waals surface area contributed by atoms with Gasteiger partial charge < -0.3 is 14.6 Å². The van der Waals surface area contributed by atoms with Gasteiger partial charge in [0, 0.05) is 17.4 Å². The maximum atomic E-state index is 11.9. The van der Waals surface area contributed by atoms with Crippen molar-refractivity contribution in [1.29, 1.82) is 0 Å². The number of hydrogen-bond acceptors (Lipinski definition) is 4. The first-order valence-corrected chi connectivity index (χ1v) is 6.06. The number of halogens is 3. The van der Waals surface area contributed by atoms with Crippen molar-refractivity contribution in [2.24, 2.45) is 0 Å². The van der Waals surface area contributed by atoms with Gasteiger partial charge in [-0.25, -0.2) is 0 Å². The van der Waals surface area contributed by atoms with Crippen LogP contribution in [0.1, 0.15) is 5.56 Å². The highest BCUT2D eigenvalue weighted by Crippen LogP contribution is 2.30. The predicted molar refractivity (Wildman–Crippen MR) is 62.9 cm³/mol. The zero-order chi connectivity index (χ0) is 13.6. The molecule has 1 rings (SSSR count). The number of aliphatic hydroxyl groups is 1. The SMILES string of the molecule is COc1ccc(CO)c(OCCSC(F)(F)F)c1. The van der Waals surface area contributed by atoms with E-state index >= 15 is 0 Å². The van der Waals surface area contributed by atoms with Crippen LogP contribution in [0, 0.1) is 0 Å². The van der Waals surface area contributed by atoms with Gasteiger partial charge in [-0.05, 0) is 23.9 Å². The summed E-state index contributed by atoms with van der Waals surface area (Å²) in [5, 5.41) is 9.06. The Morgan fingerprint density at radius 3 is 2.61 bits per heavy atom. The van der Waals surface area contributed by atoms with Gasteiger partial charge in [-0.3, -0.25) is 0 Å². The number of thioether (sulfide) groups is 1. The zero-order valence-corrected chi connectivity index (χ0v) is 10.5. The molecule has 0 atom stereocenters. The largest absolute Gasteiger partial charge is 0.497 e. The number of aliphatic hydroxyl groups excluding tert-OH is 1. The Morgan fingerprint density at radius 2 is 2.06 bits per heavy atom. The average molecular weight is 282 g/mol. The van der Waals surface area contributed by atoms with Gasteiger partial charge in [0.05, 0.1) is 20.3 Å². The normalized spacial score (nSPS) is 11.4. The second kappa shape index (κ2) is 6.75. The van der Waals surface area contributed by atoms with Crippen molar-refractivity contribution in [2.45, 2.75) is 12.1 Å². The van der Waals surface area contributed by atoms with E-state index in [1.807, 2.05) is 0 Å². The second-order valence-electron chi connectivity index (χ2n) is 3.27. The lowest BCUT2D eigenvalue weighted by Gasteiger charge is -2.12. The van der Waals surface area contributed by atoms with Gasteiger partial charge in [0.1, 0.15) is 11.5 Å². The van der Waals surface area contributed by atoms with Crippen molar-refractivity contribution in [3.63, 3.8) is 0 Å². The maximum Gasteiger partial charge on any atom is 0.441 e. The Labute approximate surface area is 107 Å². The molecule has 0 aliphatic heterocycles. The molecular formula is C11H13F3O3S. The Morgan fingerprint density at radius 1 is 1.33 bits per heavy atom. The van der Waals surface area contributed by atoms with E-state index in [2.05, 4.69) is 0 Å². The standard InChI is InChI=1S/C11H13F3O3S/c1-16-9-3-2-8(7-15)10(6-9)17-4-5-18-11(12,13)14/h2-3,6,15H,4-5,7H2,1H3. The molecule has 0 aliphatic rings. The third-order valence-corrected chi connectivity index (χ3v) is 2.75. The van der Waals surface area contributed by atoms with Crippen molar-refractivity contribution in [1.82, 2.24) is 0 Å². The molecule has 3 nitrogen and oxygen atoms in total. The van der Waals surface area contributed by atoms with Crippen LogP contribution in [0.2, 0.25) is 0 Å². The molecule has 1 aromatic rings. The van der Waals surface area contributed by atoms with Crippen molar-refractivity contribution in [2.75, 3.05) is 19.5 Å². The van der Waals surface area contributed by atoms with Crippen LogP contribution in [0.5, 0.6) is 11.5 Å². The number of hydrogen-bond donors (Lipinski definition) is 1. The first kappa shape index (κ1) is 15.0. The Bertz CT molecular complexity index is 382. The molecule has 0 saturated heterocycles. The maximum absolute atomic E-state index is 11.9. The van der Waals surface area contributed by atoms with Crippen molar-refractivity contribution in [3.8, 4) is 11.5 Å². The quantitative estimate of drug-likeness (QED) is 0.814. The van der Waals surface area contributed by atoms with Crippen molar-refractivity contribution >= 4 is 11.8 Å². The third-order valence-electron chi connectivity index (χ3n) is 2.05. The molecule has 102 valence electrons. The molecule has 0 bridgehead atoms. The average Bonchev–Trinajstić information content (AvgIpc) is 2.33. The van der Waals surface area contributed by atoms with Crippen LogP contribution in [0.25, 0.3) is 0 Å². The molecule has 0 aliphatic carbocycles. The van der Waals surface area contributed by atoms with Gasteiger partial charge >= 0.3 is 5.51 Å². The van der Waals surface area contributed by atoms with E-state index in [0.717, 1.165) is 0 Å². The van der Waals surface area contributed by atoms with Crippen LogP contribution < -0.4 is 9.47 Å². The third kappa shape index (κ3) is 5.05. The number of ether oxygens (including phenoxy) is 2. The molecule has 0 fully saturated rings. The summed E-state index contributed by atoms with van der Waals surface area (Å²) in [6.45, 7) is -0.337. The molecule has 0 spiro atoms. The molecule has 0 amide bonds. The number of benzene rings is 1. The topological polar surface area (TPSA) is 38.7 Å². The second-order valence-corrected chi connectivity index (χ2v) is 4.43. The van der Waals surface area contributed by atoms with Gasteiger partial charge in [-0.15, -0.1) is 0 Å². The minimum absolute atomic E-state index is 0.0929. The summed E-state index contributed by atoms with van der Waals surface area (Å²) in [6, 6.07) is 4.78. The monoisotopic (exact) mass is 282 g/mol. The summed E-state index contributed by atoms with van der Waals surface area (Å²) < 4.78 is 45.9. The number of methoxy groups -OCH3 is 1. The molecule has 0 unspecified atom stereocenters. The van der Waals surface area contributed by atoms with E-state index in [1.165, 1.54) is 13.2 Å². The first-order chi connectivity index (χ1) is 8.46. The highest BCUT2D eigenvalue weighted by Gasteiger charge is 2.27. The fourth-order valence-electron chi connectivity index (χ4n) is 1.24. The van der Waals surface area contributed by atoms with Crippen LogP contribution in [-0.4, -0.2) is 30.1 Å². The molecule has 0 saturated carbocycles. The molecule has 18 heavy (non-hydrogen) atoms. The number of rotatable bonds is 6. The van der Waals surface area contributed by atoms with Crippen molar-refractivity contribution in [3.05, 3.63) is 23.8 Å². The lowest BCUT2D eigenvalue weighted by Crippen LogP contribution is -2.08. The molecule has 0 aromatic heterocycles. The zero-order valence-electron chi connectivity index (χ0n) is 9.66. The van der Waals surface area contributed by atoms with Crippen LogP contribution in [0.4, 0.5) is 13.2 Å². The van der Waals surface area contributed by atoms with Crippen LogP contribution in [0.3, 0.4) is 0 Å². The smallest absolute Gasteiger partial charge is 0.441 e. The Kier molecular flexibility index (Phi) is 5.61. The van der Waals surface area contributed by atoms with E-state index in [-0.39, 0.29) is 30.7 Å². The van der Waals surface area contributed by atoms with Gasteiger partial charge in [0.2, 0.25) is 0 Å². The molecular weight excluding hydrogens is 269 g/mol. The summed E-state index contributed by atoms with van der Waals surface area (Å²) in [6.07, 6.45) is 0. The Balaban J connectivity index is 2.54. The van der Waals surface area contributed by atoms with E-state index in [0.29, 0.717) is 17.1 Å². The first-order valence-electron chi connectivity index (χ1n) is 5.07.